The molecule has 8 heteroatoms. The Morgan fingerprint density at radius 2 is 1.90 bits per heavy atom. The van der Waals surface area contributed by atoms with Crippen LogP contribution in [0.5, 0.6) is 0 Å². The summed E-state index contributed by atoms with van der Waals surface area (Å²) in [6.45, 7) is 11.3. The molecule has 0 bridgehead atoms. The number of carbonyl (C=O) groups excluding carboxylic acids is 1. The first-order chi connectivity index (χ1) is 14.1. The van der Waals surface area contributed by atoms with Gasteiger partial charge >= 0.3 is 5.97 Å². The normalized spacial score (nSPS) is 19.3. The third-order valence-electron chi connectivity index (χ3n) is 4.40. The zero-order valence-corrected chi connectivity index (χ0v) is 19.3. The van der Waals surface area contributed by atoms with Gasteiger partial charge in [-0.05, 0) is 45.4 Å². The molecule has 3 N–H and O–H groups in total. The van der Waals surface area contributed by atoms with Crippen LogP contribution in [0, 0.1) is 0 Å². The van der Waals surface area contributed by atoms with Crippen LogP contribution in [0.25, 0.3) is 5.41 Å². The molecule has 2 heterocycles. The lowest BCUT2D eigenvalue weighted by Gasteiger charge is -2.32. The minimum absolute atomic E-state index is 0.318. The maximum absolute atomic E-state index is 12.7. The number of esters is 1. The number of nitrogens with two attached hydrogens (primary N) is 1. The van der Waals surface area contributed by atoms with Crippen molar-refractivity contribution in [1.29, 1.82) is 0 Å². The molecule has 0 aromatic heterocycles. The molecular weight excluding hydrogens is 422 g/mol. The van der Waals surface area contributed by atoms with Crippen molar-refractivity contribution in [3.05, 3.63) is 57.1 Å². The molecular formula is C22H28ClN3O3S. The number of hydrogen-bond acceptors (Lipinski definition) is 4. The Hall–Kier alpha value is -2.02. The molecule has 2 aliphatic rings. The number of allylic oxidation sites excluding steroid dienone is 1. The molecule has 0 amide bonds. The molecule has 1 saturated heterocycles. The highest BCUT2D eigenvalue weighted by molar-refractivity contribution is 7.80. The minimum atomic E-state index is -0.639. The van der Waals surface area contributed by atoms with Crippen molar-refractivity contribution in [1.82, 2.24) is 5.32 Å². The van der Waals surface area contributed by atoms with Crippen LogP contribution in [0.1, 0.15) is 39.2 Å². The first-order valence-electron chi connectivity index (χ1n) is 9.81. The third-order valence-corrected chi connectivity index (χ3v) is 4.98. The molecule has 1 unspecified atom stereocenters. The molecule has 1 aromatic rings. The molecule has 6 nitrogen and oxygen atoms in total. The molecule has 1 atom stereocenters. The van der Waals surface area contributed by atoms with E-state index in [4.69, 9.17) is 33.3 Å². The van der Waals surface area contributed by atoms with Crippen molar-refractivity contribution in [3.63, 3.8) is 0 Å². The first kappa shape index (κ1) is 24.3. The van der Waals surface area contributed by atoms with Gasteiger partial charge in [0.25, 0.3) is 0 Å². The van der Waals surface area contributed by atoms with Gasteiger partial charge in [0.2, 0.25) is 0 Å². The van der Waals surface area contributed by atoms with Crippen LogP contribution in [0.3, 0.4) is 0 Å². The van der Waals surface area contributed by atoms with E-state index in [1.54, 1.807) is 52.0 Å². The number of halogens is 1. The molecule has 162 valence electrons. The Labute approximate surface area is 188 Å². The van der Waals surface area contributed by atoms with E-state index in [1.165, 1.54) is 0 Å². The third kappa shape index (κ3) is 6.76. The predicted molar refractivity (Wildman–Crippen MR) is 123 cm³/mol. The number of benzene rings is 1. The average Bonchev–Trinajstić information content (AvgIpc) is 2.68. The lowest BCUT2D eigenvalue weighted by molar-refractivity contribution is -0.670. The lowest BCUT2D eigenvalue weighted by Crippen LogP contribution is -2.87. The van der Waals surface area contributed by atoms with Crippen LogP contribution < -0.4 is 10.6 Å². The van der Waals surface area contributed by atoms with Gasteiger partial charge in [-0.1, -0.05) is 36.0 Å². The number of thiocarbonyl (C=S) groups is 1. The van der Waals surface area contributed by atoms with Gasteiger partial charge in [0.15, 0.2) is 0 Å². The molecule has 0 saturated carbocycles. The highest BCUT2D eigenvalue weighted by Gasteiger charge is 2.36. The fraction of sp³-hybridized carbons (Fsp3) is 0.455. The second kappa shape index (κ2) is 10.8. The van der Waals surface area contributed by atoms with Gasteiger partial charge in [-0.15, -0.1) is 0 Å². The zero-order valence-electron chi connectivity index (χ0n) is 17.8. The summed E-state index contributed by atoms with van der Waals surface area (Å²) < 4.78 is 10.6. The van der Waals surface area contributed by atoms with Gasteiger partial charge < -0.3 is 25.5 Å². The highest BCUT2D eigenvalue weighted by atomic mass is 35.5. The van der Waals surface area contributed by atoms with Crippen LogP contribution >= 0.6 is 23.8 Å². The van der Waals surface area contributed by atoms with E-state index in [1.807, 2.05) is 0 Å². The standard InChI is InChI=1S/C18H18ClN2O2S.C4H9NO/c1-10-14(17(22)23-18(2,3)4)15(13(9-20)16(24)21-10)11-5-7-12(19)8-6-11;1-3-6-4-2-5-1/h5-8,15H,1-4H3,(H,21,24);5H,1-4H2/q-1;/p+1. The Morgan fingerprint density at radius 3 is 2.33 bits per heavy atom. The maximum atomic E-state index is 12.7. The van der Waals surface area contributed by atoms with Crippen LogP contribution in [-0.4, -0.2) is 48.7 Å². The van der Waals surface area contributed by atoms with Gasteiger partial charge in [-0.2, -0.15) is 0 Å². The number of quaternary nitrogens is 1. The fourth-order valence-electron chi connectivity index (χ4n) is 3.08. The molecule has 0 spiro atoms. The topological polar surface area (TPSA) is 86.5 Å². The monoisotopic (exact) mass is 449 g/mol. The molecule has 0 radical (unpaired) electrons. The molecule has 0 aliphatic carbocycles. The van der Waals surface area contributed by atoms with E-state index in [0.29, 0.717) is 26.9 Å². The first-order valence-corrected chi connectivity index (χ1v) is 10.6. The van der Waals surface area contributed by atoms with Crippen LogP contribution in [0.15, 0.2) is 41.1 Å². The number of nitrogens with one attached hydrogen (secondary N) is 1. The summed E-state index contributed by atoms with van der Waals surface area (Å²) in [5, 5.41) is 15.3. The number of nitrogens with zero attached hydrogens (tertiary/aromatic N) is 1. The van der Waals surface area contributed by atoms with E-state index < -0.39 is 17.5 Å². The van der Waals surface area contributed by atoms with Gasteiger partial charge in [-0.25, -0.2) is 4.79 Å². The van der Waals surface area contributed by atoms with E-state index in [9.17, 15) is 10.2 Å². The van der Waals surface area contributed by atoms with Crippen molar-refractivity contribution in [3.8, 4) is 0 Å². The Kier molecular flexibility index (Phi) is 8.77. The maximum Gasteiger partial charge on any atom is 0.337 e. The van der Waals surface area contributed by atoms with E-state index >= 15 is 0 Å². The average molecular weight is 450 g/mol. The summed E-state index contributed by atoms with van der Waals surface area (Å²) in [7, 11) is 0. The predicted octanol–water partition coefficient (Wildman–Crippen LogP) is 2.72. The van der Waals surface area contributed by atoms with Crippen molar-refractivity contribution < 1.29 is 19.6 Å². The van der Waals surface area contributed by atoms with Crippen molar-refractivity contribution in [2.75, 3.05) is 26.3 Å². The Bertz CT molecular complexity index is 853. The van der Waals surface area contributed by atoms with Gasteiger partial charge in [0.05, 0.1) is 37.8 Å². The molecule has 1 aromatic carbocycles. The van der Waals surface area contributed by atoms with Crippen molar-refractivity contribution in [2.24, 2.45) is 0 Å². The van der Waals surface area contributed by atoms with Gasteiger partial charge in [0.1, 0.15) is 10.6 Å². The molecule has 1 fully saturated rings. The van der Waals surface area contributed by atoms with Crippen LogP contribution in [0.4, 0.5) is 0 Å². The Morgan fingerprint density at radius 1 is 1.30 bits per heavy atom. The minimum Gasteiger partial charge on any atom is -0.763 e. The smallest absolute Gasteiger partial charge is 0.337 e. The van der Waals surface area contributed by atoms with Crippen LogP contribution in [0.2, 0.25) is 5.02 Å². The number of hydrogen-bond donors (Lipinski definition) is 2. The van der Waals surface area contributed by atoms with Gasteiger partial charge in [-0.3, -0.25) is 5.87 Å². The summed E-state index contributed by atoms with van der Waals surface area (Å²) >= 11 is 11.2. The largest absolute Gasteiger partial charge is 0.763 e. The van der Waals surface area contributed by atoms with E-state index in [2.05, 4.69) is 16.5 Å². The molecule has 2 aliphatic heterocycles. The summed E-state index contributed by atoms with van der Waals surface area (Å²) in [5.41, 5.74) is 1.42. The van der Waals surface area contributed by atoms with E-state index in [0.717, 1.165) is 31.9 Å². The van der Waals surface area contributed by atoms with Crippen molar-refractivity contribution >= 4 is 40.6 Å². The van der Waals surface area contributed by atoms with Gasteiger partial charge in [0, 0.05) is 16.3 Å². The second-order valence-corrected chi connectivity index (χ2v) is 8.83. The number of rotatable bonds is 2. The second-order valence-electron chi connectivity index (χ2n) is 7.98. The molecule has 30 heavy (non-hydrogen) atoms. The SMILES string of the molecule is C1COCC[NH2+]1.CC1=C(C(=O)OC(C)(C)C)C(c2ccc(Cl)cc2)C(=C=[N-])C(=S)N1. The van der Waals surface area contributed by atoms with Crippen LogP contribution in [-0.2, 0) is 14.3 Å². The highest BCUT2D eigenvalue weighted by Crippen LogP contribution is 2.37. The van der Waals surface area contributed by atoms with E-state index in [-0.39, 0.29) is 0 Å². The number of morpholine rings is 1. The van der Waals surface area contributed by atoms with Crippen molar-refractivity contribution in [2.45, 2.75) is 39.2 Å². The summed E-state index contributed by atoms with van der Waals surface area (Å²) in [6.07, 6.45) is 0. The zero-order chi connectivity index (χ0) is 22.3. The summed E-state index contributed by atoms with van der Waals surface area (Å²) in [4.78, 5) is 13.1. The fourth-order valence-corrected chi connectivity index (χ4v) is 3.53. The number of carbonyl (C=O) groups is 1. The summed E-state index contributed by atoms with van der Waals surface area (Å²) in [6, 6.07) is 7.02. The Balaban J connectivity index is 0.000000456. The lowest BCUT2D eigenvalue weighted by atomic mass is 9.81. The quantitative estimate of drug-likeness (QED) is 0.314. The molecule has 3 rings (SSSR count). The summed E-state index contributed by atoms with van der Waals surface area (Å²) in [5.74, 6) is 1.08. The number of ether oxygens (including phenoxy) is 2.